The Hall–Kier alpha value is -3.48. The highest BCUT2D eigenvalue weighted by Crippen LogP contribution is 2.36. The molecule has 0 aliphatic heterocycles. The number of amides is 1. The number of hydrogen-bond donors (Lipinski definition) is 1. The molecule has 11 heteroatoms. The Morgan fingerprint density at radius 2 is 1.31 bits per heavy atom. The number of fused-ring (bicyclic) bond motifs is 1. The van der Waals surface area contributed by atoms with E-state index in [1.165, 1.54) is 20.3 Å². The van der Waals surface area contributed by atoms with Crippen LogP contribution < -0.4 is 20.2 Å². The number of nitrogens with one attached hydrogen (secondary N) is 1. The monoisotopic (exact) mass is 587 g/mol. The normalized spacial score (nSPS) is 11.1. The van der Waals surface area contributed by atoms with Crippen LogP contribution in [0.25, 0.3) is 22.3 Å². The fraction of sp³-hybridized carbons (Fsp3) is 0.484. The second kappa shape index (κ2) is 18.9. The van der Waals surface area contributed by atoms with E-state index < -0.39 is 0 Å². The van der Waals surface area contributed by atoms with E-state index in [0.29, 0.717) is 105 Å². The highest BCUT2D eigenvalue weighted by molar-refractivity contribution is 5.94. The van der Waals surface area contributed by atoms with Gasteiger partial charge in [-0.3, -0.25) is 9.59 Å². The summed E-state index contributed by atoms with van der Waals surface area (Å²) in [5, 5.41) is 3.21. The lowest BCUT2D eigenvalue weighted by molar-refractivity contribution is -0.0107. The summed E-state index contributed by atoms with van der Waals surface area (Å²) < 4.78 is 43.9. The van der Waals surface area contributed by atoms with Crippen molar-refractivity contribution in [1.29, 1.82) is 0 Å². The van der Waals surface area contributed by atoms with E-state index in [9.17, 15) is 9.59 Å². The third-order valence-corrected chi connectivity index (χ3v) is 6.04. The molecule has 0 aliphatic carbocycles. The molecule has 0 unspecified atom stereocenters. The van der Waals surface area contributed by atoms with E-state index in [4.69, 9.17) is 37.6 Å². The molecular weight excluding hydrogens is 546 g/mol. The summed E-state index contributed by atoms with van der Waals surface area (Å²) in [4.78, 5) is 25.2. The highest BCUT2D eigenvalue weighted by Gasteiger charge is 2.16. The van der Waals surface area contributed by atoms with Crippen molar-refractivity contribution in [2.24, 2.45) is 0 Å². The van der Waals surface area contributed by atoms with Crippen LogP contribution in [0, 0.1) is 0 Å². The predicted molar refractivity (Wildman–Crippen MR) is 158 cm³/mol. The van der Waals surface area contributed by atoms with Gasteiger partial charge in [0.05, 0.1) is 79.1 Å². The molecule has 1 aromatic heterocycles. The summed E-state index contributed by atoms with van der Waals surface area (Å²) in [6.07, 6.45) is 1.01. The first-order valence-corrected chi connectivity index (χ1v) is 14.0. The van der Waals surface area contributed by atoms with Crippen molar-refractivity contribution in [3.8, 4) is 22.8 Å². The Morgan fingerprint density at radius 3 is 1.86 bits per heavy atom. The van der Waals surface area contributed by atoms with E-state index in [0.717, 1.165) is 13.0 Å². The molecule has 1 amide bonds. The molecule has 230 valence electrons. The Morgan fingerprint density at radius 1 is 0.738 bits per heavy atom. The fourth-order valence-electron chi connectivity index (χ4n) is 3.92. The molecule has 0 fully saturated rings. The number of hydrogen-bond acceptors (Lipinski definition) is 10. The summed E-state index contributed by atoms with van der Waals surface area (Å²) in [5.74, 6) is 0.919. The van der Waals surface area contributed by atoms with Gasteiger partial charge in [-0.15, -0.1) is 0 Å². The maximum absolute atomic E-state index is 12.7. The van der Waals surface area contributed by atoms with Gasteiger partial charge in [0.1, 0.15) is 5.76 Å². The minimum Gasteiger partial charge on any atom is -0.493 e. The number of rotatable bonds is 21. The number of benzene rings is 2. The molecule has 0 bridgehead atoms. The van der Waals surface area contributed by atoms with Gasteiger partial charge in [0.2, 0.25) is 5.75 Å². The second-order valence-corrected chi connectivity index (χ2v) is 9.05. The van der Waals surface area contributed by atoms with Gasteiger partial charge >= 0.3 is 0 Å². The molecule has 42 heavy (non-hydrogen) atoms. The summed E-state index contributed by atoms with van der Waals surface area (Å²) in [7, 11) is 3.00. The van der Waals surface area contributed by atoms with Gasteiger partial charge in [0.25, 0.3) is 5.91 Å². The first-order chi connectivity index (χ1) is 20.6. The summed E-state index contributed by atoms with van der Waals surface area (Å²) in [5.41, 5.74) is 1.20. The lowest BCUT2D eigenvalue weighted by Crippen LogP contribution is -2.27. The van der Waals surface area contributed by atoms with Gasteiger partial charge in [0, 0.05) is 30.3 Å². The smallest absolute Gasteiger partial charge is 0.251 e. The standard InChI is InChI=1S/C31H41NO10/c1-4-12-37-14-16-39-18-20-41-21-19-40-17-15-38-13-11-32-31(34)24-7-5-23(6-8-24)28-22-26(33)25-9-10-27(35-2)30(36-3)29(25)42-28/h5-10,22H,4,11-21H2,1-3H3,(H,32,34). The van der Waals surface area contributed by atoms with Crippen LogP contribution in [0.1, 0.15) is 23.7 Å². The van der Waals surface area contributed by atoms with Crippen LogP contribution in [0.2, 0.25) is 0 Å². The zero-order valence-electron chi connectivity index (χ0n) is 24.6. The molecule has 1 heterocycles. The first-order valence-electron chi connectivity index (χ1n) is 14.0. The van der Waals surface area contributed by atoms with Crippen LogP contribution in [0.4, 0.5) is 0 Å². The predicted octanol–water partition coefficient (Wildman–Crippen LogP) is 3.70. The van der Waals surface area contributed by atoms with Gasteiger partial charge in [-0.25, -0.2) is 0 Å². The van der Waals surface area contributed by atoms with Crippen LogP contribution >= 0.6 is 0 Å². The van der Waals surface area contributed by atoms with Crippen LogP contribution in [-0.2, 0) is 23.7 Å². The van der Waals surface area contributed by atoms with E-state index in [1.807, 2.05) is 0 Å². The maximum Gasteiger partial charge on any atom is 0.251 e. The van der Waals surface area contributed by atoms with Gasteiger partial charge in [-0.05, 0) is 30.7 Å². The first kappa shape index (κ1) is 33.0. The Labute approximate surface area is 245 Å². The number of methoxy groups -OCH3 is 2. The van der Waals surface area contributed by atoms with Crippen molar-refractivity contribution < 1.29 is 42.4 Å². The molecule has 0 radical (unpaired) electrons. The van der Waals surface area contributed by atoms with Gasteiger partial charge in [0.15, 0.2) is 16.8 Å². The largest absolute Gasteiger partial charge is 0.493 e. The lowest BCUT2D eigenvalue weighted by atomic mass is 10.1. The van der Waals surface area contributed by atoms with Crippen LogP contribution in [0.5, 0.6) is 11.5 Å². The Bertz CT molecular complexity index is 1280. The maximum atomic E-state index is 12.7. The second-order valence-electron chi connectivity index (χ2n) is 9.05. The number of ether oxygens (including phenoxy) is 7. The van der Waals surface area contributed by atoms with Crippen LogP contribution in [-0.4, -0.2) is 92.7 Å². The van der Waals surface area contributed by atoms with E-state index in [2.05, 4.69) is 12.2 Å². The summed E-state index contributed by atoms with van der Waals surface area (Å²) in [6.45, 7) is 7.58. The molecule has 3 rings (SSSR count). The van der Waals surface area contributed by atoms with Crippen molar-refractivity contribution in [3.05, 3.63) is 58.3 Å². The SMILES string of the molecule is CCCOCCOCCOCCOCCOCCNC(=O)c1ccc(-c2cc(=O)c3ccc(OC)c(OC)c3o2)cc1. The van der Waals surface area contributed by atoms with Crippen molar-refractivity contribution in [3.63, 3.8) is 0 Å². The van der Waals surface area contributed by atoms with Crippen molar-refractivity contribution >= 4 is 16.9 Å². The molecule has 0 saturated carbocycles. The Kier molecular flexibility index (Phi) is 14.8. The zero-order valence-corrected chi connectivity index (χ0v) is 24.6. The van der Waals surface area contributed by atoms with Gasteiger partial charge in [-0.1, -0.05) is 19.1 Å². The average molecular weight is 588 g/mol. The molecule has 0 spiro atoms. The van der Waals surface area contributed by atoms with Gasteiger partial charge < -0.3 is 42.9 Å². The highest BCUT2D eigenvalue weighted by atomic mass is 16.6. The van der Waals surface area contributed by atoms with Crippen molar-refractivity contribution in [2.75, 3.05) is 86.8 Å². The fourth-order valence-corrected chi connectivity index (χ4v) is 3.92. The summed E-state index contributed by atoms with van der Waals surface area (Å²) in [6, 6.07) is 11.5. The molecule has 11 nitrogen and oxygen atoms in total. The number of carbonyl (C=O) groups excluding carboxylic acids is 1. The van der Waals surface area contributed by atoms with Crippen LogP contribution in [0.15, 0.2) is 51.7 Å². The van der Waals surface area contributed by atoms with E-state index in [-0.39, 0.29) is 11.3 Å². The summed E-state index contributed by atoms with van der Waals surface area (Å²) >= 11 is 0. The molecule has 2 aromatic carbocycles. The topological polar surface area (TPSA) is 124 Å². The minimum atomic E-state index is -0.234. The molecule has 3 aromatic rings. The van der Waals surface area contributed by atoms with Gasteiger partial charge in [-0.2, -0.15) is 0 Å². The number of carbonyl (C=O) groups is 1. The lowest BCUT2D eigenvalue weighted by Gasteiger charge is -2.11. The molecule has 0 atom stereocenters. The van der Waals surface area contributed by atoms with E-state index in [1.54, 1.807) is 36.4 Å². The third-order valence-electron chi connectivity index (χ3n) is 6.04. The average Bonchev–Trinajstić information content (AvgIpc) is 3.01. The third kappa shape index (κ3) is 10.4. The van der Waals surface area contributed by atoms with Crippen molar-refractivity contribution in [1.82, 2.24) is 5.32 Å². The Balaban J connectivity index is 1.31. The quantitative estimate of drug-likeness (QED) is 0.185. The zero-order chi connectivity index (χ0) is 30.0. The molecular formula is C31H41NO10. The minimum absolute atomic E-state index is 0.210. The molecule has 0 aliphatic rings. The van der Waals surface area contributed by atoms with Crippen LogP contribution in [0.3, 0.4) is 0 Å². The molecule has 1 N–H and O–H groups in total. The van der Waals surface area contributed by atoms with E-state index >= 15 is 0 Å². The molecule has 0 saturated heterocycles. The van der Waals surface area contributed by atoms with Crippen molar-refractivity contribution in [2.45, 2.75) is 13.3 Å².